The number of nitrogens with zero attached hydrogens (tertiary/aromatic N) is 2. The van der Waals surface area contributed by atoms with Crippen LogP contribution < -0.4 is 5.56 Å². The molecular formula is C13H15BrN2O. The molecule has 1 aromatic carbocycles. The molecule has 0 saturated carbocycles. The monoisotopic (exact) mass is 294 g/mol. The normalized spacial score (nSPS) is 11.3. The van der Waals surface area contributed by atoms with E-state index in [0.29, 0.717) is 11.3 Å². The quantitative estimate of drug-likeness (QED) is 0.871. The van der Waals surface area contributed by atoms with Crippen LogP contribution >= 0.6 is 15.9 Å². The van der Waals surface area contributed by atoms with Gasteiger partial charge in [0.1, 0.15) is 0 Å². The molecule has 1 aromatic heterocycles. The van der Waals surface area contributed by atoms with Gasteiger partial charge in [-0.25, -0.2) is 4.98 Å². The number of aryl methyl sites for hydroxylation is 1. The van der Waals surface area contributed by atoms with Crippen molar-refractivity contribution in [3.05, 3.63) is 39.4 Å². The first kappa shape index (κ1) is 12.3. The summed E-state index contributed by atoms with van der Waals surface area (Å²) in [6.07, 6.45) is 2.63. The van der Waals surface area contributed by atoms with Crippen LogP contribution in [0.25, 0.3) is 10.9 Å². The summed E-state index contributed by atoms with van der Waals surface area (Å²) < 4.78 is 2.63. The van der Waals surface area contributed by atoms with Gasteiger partial charge in [-0.1, -0.05) is 29.8 Å². The summed E-state index contributed by atoms with van der Waals surface area (Å²) in [5, 5.41) is 0.680. The Bertz CT molecular complexity index is 589. The third-order valence-electron chi connectivity index (χ3n) is 2.73. The molecule has 0 atom stereocenters. The van der Waals surface area contributed by atoms with E-state index in [9.17, 15) is 4.79 Å². The molecule has 2 aromatic rings. The number of rotatable bonds is 3. The lowest BCUT2D eigenvalue weighted by molar-refractivity contribution is 0.506. The number of fused-ring (bicyclic) bond motifs is 1. The number of halogens is 1. The summed E-state index contributed by atoms with van der Waals surface area (Å²) in [7, 11) is 0. The van der Waals surface area contributed by atoms with Crippen molar-refractivity contribution in [2.45, 2.75) is 26.8 Å². The van der Waals surface area contributed by atoms with E-state index in [1.54, 1.807) is 10.9 Å². The molecule has 0 fully saturated rings. The van der Waals surface area contributed by atoms with Gasteiger partial charge in [-0.2, -0.15) is 0 Å². The summed E-state index contributed by atoms with van der Waals surface area (Å²) in [6, 6.07) is 5.56. The molecule has 0 aliphatic heterocycles. The maximum Gasteiger partial charge on any atom is 0.261 e. The molecule has 0 unspecified atom stereocenters. The smallest absolute Gasteiger partial charge is 0.261 e. The van der Waals surface area contributed by atoms with Crippen LogP contribution in [-0.4, -0.2) is 9.55 Å². The second-order valence-electron chi connectivity index (χ2n) is 4.59. The molecule has 0 amide bonds. The zero-order valence-corrected chi connectivity index (χ0v) is 11.6. The van der Waals surface area contributed by atoms with Crippen molar-refractivity contribution in [3.8, 4) is 0 Å². The molecule has 0 aliphatic carbocycles. The Morgan fingerprint density at radius 3 is 2.88 bits per heavy atom. The number of aromatic nitrogens is 2. The van der Waals surface area contributed by atoms with Crippen LogP contribution in [0.15, 0.2) is 33.8 Å². The van der Waals surface area contributed by atoms with E-state index in [1.807, 2.05) is 18.2 Å². The van der Waals surface area contributed by atoms with Crippen molar-refractivity contribution >= 4 is 26.8 Å². The molecule has 17 heavy (non-hydrogen) atoms. The topological polar surface area (TPSA) is 34.9 Å². The SMILES string of the molecule is CC(C)CCn1cnc2cc(Br)ccc2c1=O. The van der Waals surface area contributed by atoms with E-state index in [-0.39, 0.29) is 5.56 Å². The van der Waals surface area contributed by atoms with E-state index in [2.05, 4.69) is 34.8 Å². The van der Waals surface area contributed by atoms with E-state index in [0.717, 1.165) is 23.0 Å². The fourth-order valence-corrected chi connectivity index (χ4v) is 2.04. The summed E-state index contributed by atoms with van der Waals surface area (Å²) in [5.74, 6) is 0.586. The highest BCUT2D eigenvalue weighted by Crippen LogP contribution is 2.15. The van der Waals surface area contributed by atoms with Gasteiger partial charge in [0.05, 0.1) is 17.2 Å². The van der Waals surface area contributed by atoms with Gasteiger partial charge < -0.3 is 0 Å². The van der Waals surface area contributed by atoms with Gasteiger partial charge in [-0.3, -0.25) is 9.36 Å². The average molecular weight is 295 g/mol. The van der Waals surface area contributed by atoms with E-state index in [4.69, 9.17) is 0 Å². The zero-order valence-electron chi connectivity index (χ0n) is 9.98. The molecule has 0 radical (unpaired) electrons. The van der Waals surface area contributed by atoms with Crippen molar-refractivity contribution in [1.29, 1.82) is 0 Å². The van der Waals surface area contributed by atoms with Gasteiger partial charge >= 0.3 is 0 Å². The Hall–Kier alpha value is -1.16. The summed E-state index contributed by atoms with van der Waals surface area (Å²) in [6.45, 7) is 5.03. The first-order valence-electron chi connectivity index (χ1n) is 5.72. The van der Waals surface area contributed by atoms with E-state index in [1.165, 1.54) is 0 Å². The lowest BCUT2D eigenvalue weighted by Crippen LogP contribution is -2.21. The van der Waals surface area contributed by atoms with E-state index >= 15 is 0 Å². The maximum absolute atomic E-state index is 12.2. The third kappa shape index (κ3) is 2.75. The summed E-state index contributed by atoms with van der Waals surface area (Å²) in [4.78, 5) is 16.5. The molecule has 0 spiro atoms. The van der Waals surface area contributed by atoms with Crippen LogP contribution in [0.1, 0.15) is 20.3 Å². The Morgan fingerprint density at radius 2 is 2.18 bits per heavy atom. The first-order valence-corrected chi connectivity index (χ1v) is 6.52. The van der Waals surface area contributed by atoms with Crippen LogP contribution in [-0.2, 0) is 6.54 Å². The lowest BCUT2D eigenvalue weighted by Gasteiger charge is -2.08. The van der Waals surface area contributed by atoms with Crippen LogP contribution in [0.5, 0.6) is 0 Å². The Morgan fingerprint density at radius 1 is 1.41 bits per heavy atom. The molecule has 3 nitrogen and oxygen atoms in total. The molecule has 4 heteroatoms. The van der Waals surface area contributed by atoms with Crippen molar-refractivity contribution < 1.29 is 0 Å². The van der Waals surface area contributed by atoms with Crippen molar-refractivity contribution in [1.82, 2.24) is 9.55 Å². The first-order chi connectivity index (χ1) is 8.08. The standard InChI is InChI=1S/C13H15BrN2O/c1-9(2)5-6-16-8-15-12-7-10(14)3-4-11(12)13(16)17/h3-4,7-9H,5-6H2,1-2H3. The zero-order chi connectivity index (χ0) is 12.4. The minimum atomic E-state index is 0.0446. The Labute approximate surface area is 109 Å². The second kappa shape index (κ2) is 5.00. The van der Waals surface area contributed by atoms with Crippen molar-refractivity contribution in [3.63, 3.8) is 0 Å². The predicted molar refractivity (Wildman–Crippen MR) is 73.2 cm³/mol. The van der Waals surface area contributed by atoms with Gasteiger partial charge in [0.2, 0.25) is 0 Å². The number of hydrogen-bond acceptors (Lipinski definition) is 2. The predicted octanol–water partition coefficient (Wildman–Crippen LogP) is 3.21. The minimum absolute atomic E-state index is 0.0446. The second-order valence-corrected chi connectivity index (χ2v) is 5.50. The Balaban J connectivity index is 2.44. The molecule has 0 saturated heterocycles. The molecule has 2 rings (SSSR count). The average Bonchev–Trinajstić information content (AvgIpc) is 2.27. The van der Waals surface area contributed by atoms with Gasteiger partial charge in [0, 0.05) is 11.0 Å². The fraction of sp³-hybridized carbons (Fsp3) is 0.385. The van der Waals surface area contributed by atoms with Gasteiger partial charge in [0.25, 0.3) is 5.56 Å². The molecule has 90 valence electrons. The van der Waals surface area contributed by atoms with Crippen LogP contribution in [0, 0.1) is 5.92 Å². The summed E-state index contributed by atoms with van der Waals surface area (Å²) >= 11 is 3.38. The molecule has 1 heterocycles. The third-order valence-corrected chi connectivity index (χ3v) is 3.23. The summed E-state index contributed by atoms with van der Waals surface area (Å²) in [5.41, 5.74) is 0.785. The molecular weight excluding hydrogens is 280 g/mol. The number of hydrogen-bond donors (Lipinski definition) is 0. The van der Waals surface area contributed by atoms with Gasteiger partial charge in [0.15, 0.2) is 0 Å². The number of benzene rings is 1. The van der Waals surface area contributed by atoms with Gasteiger partial charge in [-0.05, 0) is 30.5 Å². The lowest BCUT2D eigenvalue weighted by atomic mass is 10.1. The van der Waals surface area contributed by atoms with Crippen molar-refractivity contribution in [2.24, 2.45) is 5.92 Å². The molecule has 0 bridgehead atoms. The fourth-order valence-electron chi connectivity index (χ4n) is 1.69. The van der Waals surface area contributed by atoms with Crippen LogP contribution in [0.4, 0.5) is 0 Å². The van der Waals surface area contributed by atoms with Crippen molar-refractivity contribution in [2.75, 3.05) is 0 Å². The maximum atomic E-state index is 12.2. The van der Waals surface area contributed by atoms with Gasteiger partial charge in [-0.15, -0.1) is 0 Å². The molecule has 0 aliphatic rings. The minimum Gasteiger partial charge on any atom is -0.299 e. The largest absolute Gasteiger partial charge is 0.299 e. The highest BCUT2D eigenvalue weighted by atomic mass is 79.9. The highest BCUT2D eigenvalue weighted by Gasteiger charge is 2.04. The molecule has 0 N–H and O–H groups in total. The van der Waals surface area contributed by atoms with Crippen LogP contribution in [0.2, 0.25) is 0 Å². The van der Waals surface area contributed by atoms with E-state index < -0.39 is 0 Å². The highest BCUT2D eigenvalue weighted by molar-refractivity contribution is 9.10. The van der Waals surface area contributed by atoms with Crippen LogP contribution in [0.3, 0.4) is 0 Å². The Kier molecular flexibility index (Phi) is 3.62.